The Labute approximate surface area is 157 Å². The zero-order valence-corrected chi connectivity index (χ0v) is 16.5. The number of hydrogen-bond acceptors (Lipinski definition) is 3. The van der Waals surface area contributed by atoms with Crippen LogP contribution in [0.2, 0.25) is 0 Å². The van der Waals surface area contributed by atoms with Crippen molar-refractivity contribution in [2.24, 2.45) is 5.92 Å². The quantitative estimate of drug-likeness (QED) is 0.809. The average molecular weight is 379 g/mol. The molecule has 1 aromatic carbocycles. The molecule has 26 heavy (non-hydrogen) atoms. The highest BCUT2D eigenvalue weighted by atomic mass is 32.2. The van der Waals surface area contributed by atoms with Gasteiger partial charge in [-0.05, 0) is 38.2 Å². The summed E-state index contributed by atoms with van der Waals surface area (Å²) < 4.78 is 27.0. The summed E-state index contributed by atoms with van der Waals surface area (Å²) in [4.78, 5) is 14.8. The normalized spacial score (nSPS) is 20.7. The van der Waals surface area contributed by atoms with Crippen LogP contribution in [0.3, 0.4) is 0 Å². The summed E-state index contributed by atoms with van der Waals surface area (Å²) in [6.07, 6.45) is 5.88. The van der Waals surface area contributed by atoms with Gasteiger partial charge in [-0.15, -0.1) is 0 Å². The van der Waals surface area contributed by atoms with E-state index in [-0.39, 0.29) is 17.6 Å². The highest BCUT2D eigenvalue weighted by Gasteiger charge is 2.33. The van der Waals surface area contributed by atoms with Crippen LogP contribution in [0.4, 0.5) is 0 Å². The van der Waals surface area contributed by atoms with Gasteiger partial charge in [0.15, 0.2) is 0 Å². The van der Waals surface area contributed by atoms with Crippen LogP contribution in [0.1, 0.15) is 49.7 Å². The molecule has 2 saturated heterocycles. The number of rotatable bonds is 4. The molecule has 2 aliphatic heterocycles. The summed E-state index contributed by atoms with van der Waals surface area (Å²) in [6.45, 7) is 4.61. The Morgan fingerprint density at radius 3 is 2.31 bits per heavy atom. The lowest BCUT2D eigenvalue weighted by atomic mass is 9.96. The van der Waals surface area contributed by atoms with Gasteiger partial charge in [0.1, 0.15) is 0 Å². The van der Waals surface area contributed by atoms with Crippen LogP contribution in [-0.2, 0) is 20.6 Å². The number of nitrogens with zero attached hydrogens (tertiary/aromatic N) is 2. The molecule has 0 radical (unpaired) electrons. The van der Waals surface area contributed by atoms with Crippen LogP contribution in [0.25, 0.3) is 0 Å². The summed E-state index contributed by atoms with van der Waals surface area (Å²) in [6, 6.07) is 7.65. The first kappa shape index (κ1) is 19.4. The fraction of sp³-hybridized carbons (Fsp3) is 0.650. The molecule has 0 N–H and O–H groups in total. The maximum atomic E-state index is 12.7. The van der Waals surface area contributed by atoms with Crippen molar-refractivity contribution in [3.8, 4) is 0 Å². The molecule has 1 amide bonds. The van der Waals surface area contributed by atoms with Gasteiger partial charge < -0.3 is 4.90 Å². The maximum Gasteiger partial charge on any atom is 0.225 e. The average Bonchev–Trinajstić information content (AvgIpc) is 2.90. The molecule has 0 bridgehead atoms. The minimum atomic E-state index is -3.32. The number of benzene rings is 1. The van der Waals surface area contributed by atoms with Gasteiger partial charge in [-0.3, -0.25) is 4.79 Å². The van der Waals surface area contributed by atoms with Gasteiger partial charge in [-0.1, -0.05) is 42.7 Å². The largest absolute Gasteiger partial charge is 0.342 e. The zero-order chi connectivity index (χ0) is 18.6. The standard InChI is InChI=1S/C20H30N2O3S/c1-17-7-6-8-18(15-17)16-26(24,25)22-13-9-19(10-14-22)20(23)21-11-4-2-3-5-12-21/h6-8,15,19H,2-5,9-14,16H2,1H3. The van der Waals surface area contributed by atoms with E-state index >= 15 is 0 Å². The summed E-state index contributed by atoms with van der Waals surface area (Å²) in [5.74, 6) is 0.264. The van der Waals surface area contributed by atoms with E-state index in [1.807, 2.05) is 36.1 Å². The number of likely N-dealkylation sites (tertiary alicyclic amines) is 1. The highest BCUT2D eigenvalue weighted by molar-refractivity contribution is 7.88. The summed E-state index contributed by atoms with van der Waals surface area (Å²) in [5.41, 5.74) is 1.90. The molecule has 1 aromatic rings. The van der Waals surface area contributed by atoms with Crippen LogP contribution in [-0.4, -0.2) is 49.7 Å². The van der Waals surface area contributed by atoms with E-state index in [4.69, 9.17) is 0 Å². The molecule has 0 aromatic heterocycles. The molecule has 0 aliphatic carbocycles. The minimum absolute atomic E-state index is 0.0153. The third-order valence-corrected chi connectivity index (χ3v) is 7.40. The molecule has 0 saturated carbocycles. The van der Waals surface area contributed by atoms with Crippen LogP contribution >= 0.6 is 0 Å². The van der Waals surface area contributed by atoms with Crippen molar-refractivity contribution in [2.45, 2.75) is 51.2 Å². The number of piperidine rings is 1. The number of amides is 1. The van der Waals surface area contributed by atoms with Crippen LogP contribution in [0.15, 0.2) is 24.3 Å². The van der Waals surface area contributed by atoms with E-state index in [0.717, 1.165) is 37.1 Å². The molecule has 5 nitrogen and oxygen atoms in total. The molecular weight excluding hydrogens is 348 g/mol. The van der Waals surface area contributed by atoms with Crippen molar-refractivity contribution < 1.29 is 13.2 Å². The Hall–Kier alpha value is -1.40. The first-order valence-corrected chi connectivity index (χ1v) is 11.4. The van der Waals surface area contributed by atoms with Crippen molar-refractivity contribution >= 4 is 15.9 Å². The van der Waals surface area contributed by atoms with Crippen LogP contribution in [0, 0.1) is 12.8 Å². The third kappa shape index (κ3) is 4.86. The SMILES string of the molecule is Cc1cccc(CS(=O)(=O)N2CCC(C(=O)N3CCCCCC3)CC2)c1. The predicted molar refractivity (Wildman–Crippen MR) is 103 cm³/mol. The number of carbonyl (C=O) groups is 1. The van der Waals surface area contributed by atoms with Crippen molar-refractivity contribution in [1.29, 1.82) is 0 Å². The predicted octanol–water partition coefficient (Wildman–Crippen LogP) is 2.94. The molecule has 3 rings (SSSR count). The monoisotopic (exact) mass is 378 g/mol. The minimum Gasteiger partial charge on any atom is -0.342 e. The van der Waals surface area contributed by atoms with Gasteiger partial charge in [0.25, 0.3) is 0 Å². The summed E-state index contributed by atoms with van der Waals surface area (Å²) >= 11 is 0. The Bertz CT molecular complexity index is 716. The lowest BCUT2D eigenvalue weighted by molar-refractivity contribution is -0.136. The molecular formula is C20H30N2O3S. The molecule has 2 aliphatic rings. The van der Waals surface area contributed by atoms with Crippen LogP contribution < -0.4 is 0 Å². The van der Waals surface area contributed by atoms with E-state index in [1.165, 1.54) is 12.8 Å². The summed E-state index contributed by atoms with van der Waals surface area (Å²) in [7, 11) is -3.32. The first-order chi connectivity index (χ1) is 12.5. The van der Waals surface area contributed by atoms with Crippen molar-refractivity contribution in [3.05, 3.63) is 35.4 Å². The Balaban J connectivity index is 1.56. The van der Waals surface area contributed by atoms with E-state index in [1.54, 1.807) is 4.31 Å². The second-order valence-corrected chi connectivity index (χ2v) is 9.63. The molecule has 0 atom stereocenters. The topological polar surface area (TPSA) is 57.7 Å². The lowest BCUT2D eigenvalue weighted by Crippen LogP contribution is -2.44. The molecule has 0 unspecified atom stereocenters. The number of aryl methyl sites for hydroxylation is 1. The second kappa shape index (κ2) is 8.53. The molecule has 6 heteroatoms. The fourth-order valence-electron chi connectivity index (χ4n) is 4.03. The lowest BCUT2D eigenvalue weighted by Gasteiger charge is -2.33. The van der Waals surface area contributed by atoms with Crippen molar-refractivity contribution in [1.82, 2.24) is 9.21 Å². The Kier molecular flexibility index (Phi) is 6.35. The van der Waals surface area contributed by atoms with Gasteiger partial charge in [-0.2, -0.15) is 0 Å². The highest BCUT2D eigenvalue weighted by Crippen LogP contribution is 2.24. The maximum absolute atomic E-state index is 12.7. The van der Waals surface area contributed by atoms with Gasteiger partial charge in [0, 0.05) is 32.1 Å². The van der Waals surface area contributed by atoms with E-state index in [0.29, 0.717) is 25.9 Å². The van der Waals surface area contributed by atoms with E-state index in [9.17, 15) is 13.2 Å². The van der Waals surface area contributed by atoms with Gasteiger partial charge in [0.05, 0.1) is 5.75 Å². The number of hydrogen-bond donors (Lipinski definition) is 0. The van der Waals surface area contributed by atoms with Crippen molar-refractivity contribution in [3.63, 3.8) is 0 Å². The Morgan fingerprint density at radius 2 is 1.69 bits per heavy atom. The van der Waals surface area contributed by atoms with Gasteiger partial charge >= 0.3 is 0 Å². The second-order valence-electron chi connectivity index (χ2n) is 7.66. The molecule has 144 valence electrons. The van der Waals surface area contributed by atoms with Gasteiger partial charge in [-0.25, -0.2) is 12.7 Å². The molecule has 2 heterocycles. The zero-order valence-electron chi connectivity index (χ0n) is 15.7. The number of carbonyl (C=O) groups excluding carboxylic acids is 1. The fourth-order valence-corrected chi connectivity index (χ4v) is 5.58. The smallest absolute Gasteiger partial charge is 0.225 e. The summed E-state index contributed by atoms with van der Waals surface area (Å²) in [5, 5.41) is 0. The number of sulfonamides is 1. The first-order valence-electron chi connectivity index (χ1n) is 9.78. The Morgan fingerprint density at radius 1 is 1.04 bits per heavy atom. The van der Waals surface area contributed by atoms with Gasteiger partial charge in [0.2, 0.25) is 15.9 Å². The third-order valence-electron chi connectivity index (χ3n) is 5.55. The van der Waals surface area contributed by atoms with E-state index in [2.05, 4.69) is 0 Å². The van der Waals surface area contributed by atoms with Crippen LogP contribution in [0.5, 0.6) is 0 Å². The van der Waals surface area contributed by atoms with Crippen molar-refractivity contribution in [2.75, 3.05) is 26.2 Å². The molecule has 2 fully saturated rings. The molecule has 0 spiro atoms. The van der Waals surface area contributed by atoms with E-state index < -0.39 is 10.0 Å².